The van der Waals surface area contributed by atoms with Crippen LogP contribution in [0, 0.1) is 0 Å². The summed E-state index contributed by atoms with van der Waals surface area (Å²) in [5, 5.41) is 3.36. The molecule has 0 spiro atoms. The fourth-order valence-electron chi connectivity index (χ4n) is 4.92. The van der Waals surface area contributed by atoms with Crippen LogP contribution in [0.3, 0.4) is 0 Å². The van der Waals surface area contributed by atoms with Gasteiger partial charge in [-0.05, 0) is 112 Å². The number of hydrogen-bond donors (Lipinski definition) is 4. The number of rotatable bonds is 9. The zero-order chi connectivity index (χ0) is 30.1. The highest BCUT2D eigenvalue weighted by Gasteiger charge is 2.11. The zero-order valence-corrected chi connectivity index (χ0v) is 24.8. The van der Waals surface area contributed by atoms with Gasteiger partial charge in [0.1, 0.15) is 29.0 Å². The van der Waals surface area contributed by atoms with E-state index in [0.29, 0.717) is 11.9 Å². The van der Waals surface area contributed by atoms with Gasteiger partial charge in [0.05, 0.1) is 22.1 Å². The topological polar surface area (TPSA) is 117 Å². The van der Waals surface area contributed by atoms with E-state index in [-0.39, 0.29) is 6.04 Å². The number of imidazole rings is 2. The SMILES string of the molecule is C=C(NC(C)C)c1ccc2nc(-c3ccc(Oc4ccc(-c5nc6ccc(C(N)=NC(C)C)cc6[nH]5)cc4)cc3)[nH]c2c1. The Hall–Kier alpha value is -5.37. The van der Waals surface area contributed by atoms with Crippen LogP contribution >= 0.6 is 0 Å². The minimum absolute atomic E-state index is 0.135. The van der Waals surface area contributed by atoms with Gasteiger partial charge < -0.3 is 25.8 Å². The Morgan fingerprint density at radius 2 is 1.23 bits per heavy atom. The molecular weight excluding hydrogens is 534 g/mol. The predicted octanol–water partition coefficient (Wildman–Crippen LogP) is 7.65. The van der Waals surface area contributed by atoms with E-state index in [9.17, 15) is 0 Å². The molecule has 6 rings (SSSR count). The summed E-state index contributed by atoms with van der Waals surface area (Å²) in [5.41, 5.74) is 14.6. The molecule has 5 N–H and O–H groups in total. The van der Waals surface area contributed by atoms with E-state index in [1.807, 2.05) is 92.7 Å². The van der Waals surface area contributed by atoms with Crippen molar-refractivity contribution < 1.29 is 4.74 Å². The molecule has 43 heavy (non-hydrogen) atoms. The molecule has 8 heteroatoms. The third kappa shape index (κ3) is 6.13. The van der Waals surface area contributed by atoms with Gasteiger partial charge in [-0.15, -0.1) is 0 Å². The second-order valence-electron chi connectivity index (χ2n) is 11.2. The van der Waals surface area contributed by atoms with Crippen molar-refractivity contribution in [2.24, 2.45) is 10.7 Å². The summed E-state index contributed by atoms with van der Waals surface area (Å²) in [6, 6.07) is 28.2. The molecule has 2 aromatic heterocycles. The fourth-order valence-corrected chi connectivity index (χ4v) is 4.92. The number of aromatic nitrogens is 4. The lowest BCUT2D eigenvalue weighted by atomic mass is 10.1. The van der Waals surface area contributed by atoms with Gasteiger partial charge in [-0.1, -0.05) is 12.6 Å². The fraction of sp³-hybridized carbons (Fsp3) is 0.171. The first-order chi connectivity index (χ1) is 20.7. The largest absolute Gasteiger partial charge is 0.457 e. The first-order valence-corrected chi connectivity index (χ1v) is 14.4. The molecule has 6 aromatic rings. The van der Waals surface area contributed by atoms with Crippen LogP contribution in [0.25, 0.3) is 50.5 Å². The van der Waals surface area contributed by atoms with Crippen molar-refractivity contribution in [3.8, 4) is 34.3 Å². The highest BCUT2D eigenvalue weighted by atomic mass is 16.5. The quantitative estimate of drug-likeness (QED) is 0.105. The molecule has 0 saturated heterocycles. The van der Waals surface area contributed by atoms with E-state index in [0.717, 1.165) is 73.2 Å². The Balaban J connectivity index is 1.14. The summed E-state index contributed by atoms with van der Waals surface area (Å²) in [6.07, 6.45) is 0. The maximum absolute atomic E-state index is 6.16. The van der Waals surface area contributed by atoms with Gasteiger partial charge in [0.15, 0.2) is 0 Å². The second-order valence-corrected chi connectivity index (χ2v) is 11.2. The number of benzene rings is 4. The van der Waals surface area contributed by atoms with Crippen LogP contribution in [0.1, 0.15) is 38.8 Å². The molecule has 0 aliphatic rings. The van der Waals surface area contributed by atoms with E-state index in [4.69, 9.17) is 20.4 Å². The Kier molecular flexibility index (Phi) is 7.42. The number of nitrogens with zero attached hydrogens (tertiary/aromatic N) is 3. The summed E-state index contributed by atoms with van der Waals surface area (Å²) in [6.45, 7) is 12.4. The van der Waals surface area contributed by atoms with Gasteiger partial charge in [-0.3, -0.25) is 4.99 Å². The molecule has 4 aromatic carbocycles. The minimum Gasteiger partial charge on any atom is -0.457 e. The summed E-state index contributed by atoms with van der Waals surface area (Å²) in [7, 11) is 0. The smallest absolute Gasteiger partial charge is 0.138 e. The van der Waals surface area contributed by atoms with Gasteiger partial charge in [0, 0.05) is 34.5 Å². The number of amidine groups is 1. The third-order valence-corrected chi connectivity index (χ3v) is 6.96. The molecule has 0 saturated carbocycles. The van der Waals surface area contributed by atoms with Crippen molar-refractivity contribution in [3.05, 3.63) is 103 Å². The Bertz CT molecular complexity index is 1940. The van der Waals surface area contributed by atoms with Gasteiger partial charge >= 0.3 is 0 Å². The molecule has 0 aliphatic heterocycles. The summed E-state index contributed by atoms with van der Waals surface area (Å²) in [4.78, 5) is 20.8. The Labute approximate surface area is 250 Å². The van der Waals surface area contributed by atoms with E-state index in [2.05, 4.69) is 46.8 Å². The normalized spacial score (nSPS) is 12.0. The average molecular weight is 570 g/mol. The number of nitrogens with two attached hydrogens (primary N) is 1. The standard InChI is InChI=1S/C35H35N7O/c1-20(2)37-22(5)25-10-16-29-31(18-25)41-34(39-29)23-6-12-27(13-7-23)43-28-14-8-24(9-15-28)35-40-30-17-11-26(19-32(30)42-35)33(36)38-21(3)4/h6-21,37H,5H2,1-4H3,(H2,36,38)(H,39,41)(H,40,42). The van der Waals surface area contributed by atoms with Crippen LogP contribution in [0.15, 0.2) is 96.5 Å². The lowest BCUT2D eigenvalue weighted by molar-refractivity contribution is 0.483. The number of aliphatic imine (C=N–C) groups is 1. The zero-order valence-electron chi connectivity index (χ0n) is 24.8. The molecule has 0 fully saturated rings. The second kappa shape index (κ2) is 11.5. The van der Waals surface area contributed by atoms with Crippen LogP contribution in [-0.2, 0) is 0 Å². The van der Waals surface area contributed by atoms with Crippen molar-refractivity contribution in [2.75, 3.05) is 0 Å². The minimum atomic E-state index is 0.135. The lowest BCUT2D eigenvalue weighted by Gasteiger charge is -2.12. The van der Waals surface area contributed by atoms with Gasteiger partial charge in [-0.2, -0.15) is 0 Å². The van der Waals surface area contributed by atoms with Crippen molar-refractivity contribution >= 4 is 33.6 Å². The third-order valence-electron chi connectivity index (χ3n) is 6.96. The van der Waals surface area contributed by atoms with Crippen molar-refractivity contribution in [2.45, 2.75) is 39.8 Å². The van der Waals surface area contributed by atoms with E-state index >= 15 is 0 Å². The Morgan fingerprint density at radius 1 is 0.744 bits per heavy atom. The molecule has 0 aliphatic carbocycles. The number of aromatic amines is 2. The molecule has 0 radical (unpaired) electrons. The van der Waals surface area contributed by atoms with Crippen molar-refractivity contribution in [1.29, 1.82) is 0 Å². The highest BCUT2D eigenvalue weighted by Crippen LogP contribution is 2.29. The molecule has 2 heterocycles. The van der Waals surface area contributed by atoms with Crippen LogP contribution in [0.2, 0.25) is 0 Å². The van der Waals surface area contributed by atoms with Crippen LogP contribution < -0.4 is 15.8 Å². The van der Waals surface area contributed by atoms with E-state index in [1.165, 1.54) is 0 Å². The molecule has 0 atom stereocenters. The molecule has 0 unspecified atom stereocenters. The summed E-state index contributed by atoms with van der Waals surface area (Å²) in [5.74, 6) is 3.58. The van der Waals surface area contributed by atoms with E-state index < -0.39 is 0 Å². The summed E-state index contributed by atoms with van der Waals surface area (Å²) < 4.78 is 6.12. The Morgan fingerprint density at radius 3 is 1.72 bits per heavy atom. The molecule has 0 amide bonds. The first-order valence-electron chi connectivity index (χ1n) is 14.4. The van der Waals surface area contributed by atoms with Crippen molar-refractivity contribution in [3.63, 3.8) is 0 Å². The number of ether oxygens (including phenoxy) is 1. The molecule has 0 bridgehead atoms. The molecular formula is C35H35N7O. The maximum Gasteiger partial charge on any atom is 0.138 e. The van der Waals surface area contributed by atoms with E-state index in [1.54, 1.807) is 0 Å². The number of hydrogen-bond acceptors (Lipinski definition) is 5. The van der Waals surface area contributed by atoms with Gasteiger partial charge in [-0.25, -0.2) is 9.97 Å². The molecule has 216 valence electrons. The highest BCUT2D eigenvalue weighted by molar-refractivity contribution is 6.00. The average Bonchev–Trinajstić information content (AvgIpc) is 3.61. The van der Waals surface area contributed by atoms with Crippen molar-refractivity contribution in [1.82, 2.24) is 25.3 Å². The maximum atomic E-state index is 6.16. The monoisotopic (exact) mass is 569 g/mol. The molecule has 8 nitrogen and oxygen atoms in total. The number of nitrogens with one attached hydrogen (secondary N) is 3. The summed E-state index contributed by atoms with van der Waals surface area (Å²) >= 11 is 0. The first kappa shape index (κ1) is 27.8. The van der Waals surface area contributed by atoms with Crippen LogP contribution in [0.5, 0.6) is 11.5 Å². The lowest BCUT2D eigenvalue weighted by Crippen LogP contribution is -2.20. The van der Waals surface area contributed by atoms with Gasteiger partial charge in [0.2, 0.25) is 0 Å². The van der Waals surface area contributed by atoms with Gasteiger partial charge in [0.25, 0.3) is 0 Å². The number of fused-ring (bicyclic) bond motifs is 2. The number of H-pyrrole nitrogens is 2. The van der Waals surface area contributed by atoms with Crippen LogP contribution in [-0.4, -0.2) is 37.9 Å². The van der Waals surface area contributed by atoms with Crippen LogP contribution in [0.4, 0.5) is 0 Å². The predicted molar refractivity (Wildman–Crippen MR) is 176 cm³/mol.